The molecule has 5 rings (SSSR count). The van der Waals surface area contributed by atoms with E-state index in [2.05, 4.69) is 11.1 Å². The average Bonchev–Trinajstić information content (AvgIpc) is 3.05. The molecule has 0 spiro atoms. The molecule has 0 saturated carbocycles. The summed E-state index contributed by atoms with van der Waals surface area (Å²) in [4.78, 5) is 23.0. The first-order valence-corrected chi connectivity index (χ1v) is 12.4. The minimum Gasteiger partial charge on any atom is -0.490 e. The van der Waals surface area contributed by atoms with Gasteiger partial charge in [0.15, 0.2) is 11.5 Å². The normalized spacial score (nSPS) is 13.2. The van der Waals surface area contributed by atoms with Gasteiger partial charge in [-0.1, -0.05) is 24.6 Å². The van der Waals surface area contributed by atoms with E-state index in [1.54, 1.807) is 17.4 Å². The van der Waals surface area contributed by atoms with Crippen LogP contribution in [-0.2, 0) is 19.4 Å². The van der Waals surface area contributed by atoms with Gasteiger partial charge in [0, 0.05) is 16.0 Å². The number of hydrogen-bond acceptors (Lipinski definition) is 6. The molecule has 6 nitrogen and oxygen atoms in total. The Morgan fingerprint density at radius 1 is 1.09 bits per heavy atom. The summed E-state index contributed by atoms with van der Waals surface area (Å²) in [5.74, 6) is 1.67. The van der Waals surface area contributed by atoms with Crippen LogP contribution in [-0.4, -0.2) is 16.6 Å². The van der Waals surface area contributed by atoms with Gasteiger partial charge >= 0.3 is 0 Å². The minimum atomic E-state index is -0.0780. The summed E-state index contributed by atoms with van der Waals surface area (Å²) in [5.41, 5.74) is 3.27. The molecule has 34 heavy (non-hydrogen) atoms. The molecule has 0 aliphatic heterocycles. The fourth-order valence-electron chi connectivity index (χ4n) is 4.43. The minimum absolute atomic E-state index is 0.0780. The molecule has 0 bridgehead atoms. The Morgan fingerprint density at radius 3 is 2.79 bits per heavy atom. The maximum Gasteiger partial charge on any atom is 0.260 e. The van der Waals surface area contributed by atoms with Crippen molar-refractivity contribution < 1.29 is 9.47 Å². The van der Waals surface area contributed by atoms with Crippen LogP contribution in [0.25, 0.3) is 21.6 Å². The predicted octanol–water partition coefficient (Wildman–Crippen LogP) is 5.77. The molecule has 4 aromatic rings. The Bertz CT molecular complexity index is 1450. The average molecular weight is 472 g/mol. The lowest BCUT2D eigenvalue weighted by molar-refractivity contribution is 0.269. The third-order valence-corrected chi connectivity index (χ3v) is 7.30. The first-order valence-electron chi connectivity index (χ1n) is 11.6. The van der Waals surface area contributed by atoms with E-state index in [9.17, 15) is 10.1 Å². The smallest absolute Gasteiger partial charge is 0.260 e. The first-order chi connectivity index (χ1) is 16.7. The number of benzene rings is 2. The van der Waals surface area contributed by atoms with Gasteiger partial charge in [-0.2, -0.15) is 5.26 Å². The molecule has 0 saturated heterocycles. The second-order valence-corrected chi connectivity index (χ2v) is 9.39. The van der Waals surface area contributed by atoms with E-state index in [4.69, 9.17) is 14.5 Å². The Kier molecular flexibility index (Phi) is 6.33. The van der Waals surface area contributed by atoms with Crippen molar-refractivity contribution in [2.75, 3.05) is 6.61 Å². The van der Waals surface area contributed by atoms with Gasteiger partial charge in [-0.15, -0.1) is 11.3 Å². The van der Waals surface area contributed by atoms with Crippen LogP contribution in [0, 0.1) is 11.3 Å². The number of nitrogens with one attached hydrogen (secondary N) is 1. The van der Waals surface area contributed by atoms with Gasteiger partial charge < -0.3 is 14.5 Å². The molecule has 0 fully saturated rings. The summed E-state index contributed by atoms with van der Waals surface area (Å²) in [7, 11) is 0. The van der Waals surface area contributed by atoms with Crippen molar-refractivity contribution in [1.82, 2.24) is 9.97 Å². The summed E-state index contributed by atoms with van der Waals surface area (Å²) in [6, 6.07) is 15.1. The molecule has 2 aromatic heterocycles. The number of nitrogens with zero attached hydrogens (tertiary/aromatic N) is 2. The lowest BCUT2D eigenvalue weighted by Crippen LogP contribution is -2.10. The van der Waals surface area contributed by atoms with Crippen molar-refractivity contribution in [3.8, 4) is 29.0 Å². The highest BCUT2D eigenvalue weighted by Crippen LogP contribution is 2.35. The van der Waals surface area contributed by atoms with Gasteiger partial charge in [-0.3, -0.25) is 4.79 Å². The molecular weight excluding hydrogens is 446 g/mol. The molecule has 172 valence electrons. The Hall–Kier alpha value is -3.63. The highest BCUT2D eigenvalue weighted by atomic mass is 32.1. The van der Waals surface area contributed by atoms with Crippen LogP contribution in [0.1, 0.15) is 47.8 Å². The highest BCUT2D eigenvalue weighted by Gasteiger charge is 2.20. The zero-order chi connectivity index (χ0) is 23.5. The van der Waals surface area contributed by atoms with Crippen molar-refractivity contribution in [1.29, 1.82) is 5.26 Å². The number of rotatable bonds is 6. The van der Waals surface area contributed by atoms with Gasteiger partial charge in [0.05, 0.1) is 23.6 Å². The number of fused-ring (bicyclic) bond motifs is 3. The van der Waals surface area contributed by atoms with Crippen LogP contribution in [0.3, 0.4) is 0 Å². The number of thiophene rings is 1. The molecule has 1 N–H and O–H groups in total. The lowest BCUT2D eigenvalue weighted by Gasteiger charge is -2.14. The molecule has 0 radical (unpaired) electrons. The number of H-pyrrole nitrogens is 1. The molecule has 1 aliphatic carbocycles. The van der Waals surface area contributed by atoms with Crippen molar-refractivity contribution in [2.45, 2.75) is 45.6 Å². The van der Waals surface area contributed by atoms with Gasteiger partial charge in [0.2, 0.25) is 0 Å². The Morgan fingerprint density at radius 2 is 1.94 bits per heavy atom. The highest BCUT2D eigenvalue weighted by molar-refractivity contribution is 7.18. The number of nitriles is 1. The maximum atomic E-state index is 13.0. The van der Waals surface area contributed by atoms with E-state index >= 15 is 0 Å². The molecule has 0 amide bonds. The number of aromatic amines is 1. The first kappa shape index (κ1) is 22.2. The van der Waals surface area contributed by atoms with Crippen LogP contribution < -0.4 is 15.0 Å². The molecule has 7 heteroatoms. The molecule has 0 unspecified atom stereocenters. The van der Waals surface area contributed by atoms with Crippen molar-refractivity contribution in [3.05, 3.63) is 74.4 Å². The van der Waals surface area contributed by atoms with Crippen molar-refractivity contribution in [3.63, 3.8) is 0 Å². The lowest BCUT2D eigenvalue weighted by atomic mass is 10.1. The van der Waals surface area contributed by atoms with E-state index in [1.807, 2.05) is 43.3 Å². The van der Waals surface area contributed by atoms with Crippen LogP contribution in [0.5, 0.6) is 11.5 Å². The number of hydrogen-bond donors (Lipinski definition) is 1. The maximum absolute atomic E-state index is 13.0. The van der Waals surface area contributed by atoms with E-state index in [0.717, 1.165) is 40.6 Å². The third kappa shape index (κ3) is 4.29. The van der Waals surface area contributed by atoms with Gasteiger partial charge in [-0.05, 0) is 62.4 Å². The molecular formula is C27H25N3O3S. The quantitative estimate of drug-likeness (QED) is 0.361. The Balaban J connectivity index is 1.48. The summed E-state index contributed by atoms with van der Waals surface area (Å²) < 4.78 is 11.8. The summed E-state index contributed by atoms with van der Waals surface area (Å²) in [6.07, 6.45) is 5.49. The van der Waals surface area contributed by atoms with E-state index < -0.39 is 0 Å². The number of aromatic nitrogens is 2. The standard InChI is InChI=1S/C27H25N3O3S/c1-2-32-22-14-17(12-13-21(22)33-16-19-9-7-6-8-18(19)15-28)25-29-26(31)24-20-10-4-3-5-11-23(20)34-27(24)30-25/h6-9,12-14H,2-5,10-11,16H2,1H3,(H,29,30,31). The molecule has 2 aromatic carbocycles. The van der Waals surface area contributed by atoms with Crippen molar-refractivity contribution in [2.24, 2.45) is 0 Å². The van der Waals surface area contributed by atoms with Crippen LogP contribution in [0.2, 0.25) is 0 Å². The summed E-state index contributed by atoms with van der Waals surface area (Å²) in [6.45, 7) is 2.63. The van der Waals surface area contributed by atoms with Crippen molar-refractivity contribution >= 4 is 21.6 Å². The topological polar surface area (TPSA) is 88.0 Å². The van der Waals surface area contributed by atoms with Gasteiger partial charge in [0.25, 0.3) is 5.56 Å². The summed E-state index contributed by atoms with van der Waals surface area (Å²) in [5, 5.41) is 10.1. The van der Waals surface area contributed by atoms with E-state index in [0.29, 0.717) is 29.5 Å². The van der Waals surface area contributed by atoms with Gasteiger partial charge in [0.1, 0.15) is 17.3 Å². The number of ether oxygens (including phenoxy) is 2. The van der Waals surface area contributed by atoms with Crippen LogP contribution in [0.4, 0.5) is 0 Å². The van der Waals surface area contributed by atoms with Crippen LogP contribution >= 0.6 is 11.3 Å². The Labute approximate surface area is 201 Å². The second kappa shape index (κ2) is 9.70. The molecule has 2 heterocycles. The fourth-order valence-corrected chi connectivity index (χ4v) is 5.69. The third-order valence-electron chi connectivity index (χ3n) is 6.11. The zero-order valence-corrected chi connectivity index (χ0v) is 19.8. The zero-order valence-electron chi connectivity index (χ0n) is 19.0. The van der Waals surface area contributed by atoms with E-state index in [-0.39, 0.29) is 12.2 Å². The SMILES string of the molecule is CCOc1cc(-c2nc3sc4c(c3c(=O)[nH]2)CCCCC4)ccc1OCc1ccccc1C#N. The van der Waals surface area contributed by atoms with Gasteiger partial charge in [-0.25, -0.2) is 4.98 Å². The van der Waals surface area contributed by atoms with E-state index in [1.165, 1.54) is 23.3 Å². The molecule has 1 aliphatic rings. The predicted molar refractivity (Wildman–Crippen MR) is 134 cm³/mol. The second-order valence-electron chi connectivity index (χ2n) is 8.31. The summed E-state index contributed by atoms with van der Waals surface area (Å²) >= 11 is 1.65. The monoisotopic (exact) mass is 471 g/mol. The molecule has 0 atom stereocenters. The van der Waals surface area contributed by atoms with Crippen LogP contribution in [0.15, 0.2) is 47.3 Å². The number of aryl methyl sites for hydroxylation is 2. The largest absolute Gasteiger partial charge is 0.490 e. The fraction of sp³-hybridized carbons (Fsp3) is 0.296.